The van der Waals surface area contributed by atoms with Crippen LogP contribution in [0.25, 0.3) is 16.9 Å². The molecule has 0 aliphatic carbocycles. The number of aryl methyl sites for hydroxylation is 1. The van der Waals surface area contributed by atoms with E-state index in [-0.39, 0.29) is 24.3 Å². The molecule has 1 aliphatic rings. The first-order valence-corrected chi connectivity index (χ1v) is 14.5. The van der Waals surface area contributed by atoms with E-state index < -0.39 is 35.8 Å². The molecule has 2 atom stereocenters. The zero-order valence-electron chi connectivity index (χ0n) is 25.8. The number of para-hydroxylation sites is 1. The lowest BCUT2D eigenvalue weighted by Crippen LogP contribution is -2.42. The highest BCUT2D eigenvalue weighted by Gasteiger charge is 2.37. The summed E-state index contributed by atoms with van der Waals surface area (Å²) in [5.41, 5.74) is 2.60. The number of hydroxylamine groups is 2. The number of carbonyl (C=O) groups excluding carboxylic acids is 2. The number of urea groups is 1. The third kappa shape index (κ3) is 7.14. The summed E-state index contributed by atoms with van der Waals surface area (Å²) in [4.78, 5) is 43.7. The average molecular weight is 637 g/mol. The lowest BCUT2D eigenvalue weighted by atomic mass is 10.0. The fraction of sp³-hybridized carbons (Fsp3) is 0.312. The molecule has 2 aromatic carbocycles. The normalized spacial score (nSPS) is 16.4. The minimum atomic E-state index is -1.02. The van der Waals surface area contributed by atoms with Crippen LogP contribution in [0.4, 0.5) is 19.4 Å². The van der Waals surface area contributed by atoms with Crippen LogP contribution >= 0.6 is 0 Å². The van der Waals surface area contributed by atoms with Gasteiger partial charge in [-0.25, -0.2) is 18.3 Å². The summed E-state index contributed by atoms with van der Waals surface area (Å²) in [5.74, 6) is -2.17. The number of rotatable bonds is 10. The minimum Gasteiger partial charge on any atom is -0.461 e. The molecule has 2 amide bonds. The Morgan fingerprint density at radius 2 is 1.87 bits per heavy atom. The number of nitrogens with zero attached hydrogens (tertiary/aromatic N) is 4. The Hall–Kier alpha value is -4.92. The maximum absolute atomic E-state index is 14.1. The van der Waals surface area contributed by atoms with Crippen LogP contribution in [0.2, 0.25) is 0 Å². The van der Waals surface area contributed by atoms with Gasteiger partial charge in [0.05, 0.1) is 29.6 Å². The molecular formula is C32H34F2N6O6. The first-order chi connectivity index (χ1) is 22.0. The van der Waals surface area contributed by atoms with Crippen molar-refractivity contribution in [1.82, 2.24) is 24.7 Å². The highest BCUT2D eigenvalue weighted by molar-refractivity contribution is 5.91. The Balaban J connectivity index is 1.47. The number of amides is 2. The molecule has 0 spiro atoms. The molecule has 2 aromatic heterocycles. The van der Waals surface area contributed by atoms with Crippen molar-refractivity contribution in [3.05, 3.63) is 99.5 Å². The van der Waals surface area contributed by atoms with Gasteiger partial charge in [0.25, 0.3) is 5.56 Å². The molecule has 12 nitrogen and oxygen atoms in total. The van der Waals surface area contributed by atoms with E-state index in [0.717, 1.165) is 12.1 Å². The predicted molar refractivity (Wildman–Crippen MR) is 164 cm³/mol. The van der Waals surface area contributed by atoms with Gasteiger partial charge in [-0.3, -0.25) is 19.7 Å². The van der Waals surface area contributed by atoms with E-state index in [2.05, 4.69) is 10.6 Å². The maximum Gasteiger partial charge on any atom is 0.320 e. The van der Waals surface area contributed by atoms with Crippen LogP contribution in [0.1, 0.15) is 29.7 Å². The van der Waals surface area contributed by atoms with Crippen molar-refractivity contribution in [2.24, 2.45) is 7.05 Å². The first-order valence-electron chi connectivity index (χ1n) is 14.5. The lowest BCUT2D eigenvalue weighted by Gasteiger charge is -2.20. The summed E-state index contributed by atoms with van der Waals surface area (Å²) in [6, 6.07) is 13.0. The Bertz CT molecular complexity index is 1790. The molecule has 1 fully saturated rings. The monoisotopic (exact) mass is 636 g/mol. The minimum absolute atomic E-state index is 0.203. The SMILES string of the molecule is COCCN1C[C@@H](NC(=O)Nc2c(C)c(-c3cc(COC(C)=O)c(=O)n(C)c3)nn2-c2ccccc2)[C@H](c2ccc(F)c(F)c2)O1. The number of hydrogen-bond acceptors (Lipinski definition) is 8. The molecule has 242 valence electrons. The third-order valence-electron chi connectivity index (χ3n) is 7.48. The fourth-order valence-electron chi connectivity index (χ4n) is 5.21. The number of carbonyl (C=O) groups is 2. The van der Waals surface area contributed by atoms with Gasteiger partial charge in [0.2, 0.25) is 0 Å². The average Bonchev–Trinajstić information content (AvgIpc) is 3.58. The van der Waals surface area contributed by atoms with Crippen LogP contribution in [-0.4, -0.2) is 64.3 Å². The largest absolute Gasteiger partial charge is 0.461 e. The van der Waals surface area contributed by atoms with Crippen molar-refractivity contribution in [3.63, 3.8) is 0 Å². The van der Waals surface area contributed by atoms with Crippen LogP contribution in [-0.2, 0) is 32.8 Å². The smallest absolute Gasteiger partial charge is 0.320 e. The Morgan fingerprint density at radius 1 is 1.11 bits per heavy atom. The van der Waals surface area contributed by atoms with E-state index in [9.17, 15) is 23.2 Å². The van der Waals surface area contributed by atoms with E-state index >= 15 is 0 Å². The van der Waals surface area contributed by atoms with Crippen molar-refractivity contribution < 1.29 is 32.7 Å². The van der Waals surface area contributed by atoms with Gasteiger partial charge < -0.3 is 19.4 Å². The quantitative estimate of drug-likeness (QED) is 0.250. The van der Waals surface area contributed by atoms with Crippen molar-refractivity contribution in [1.29, 1.82) is 0 Å². The van der Waals surface area contributed by atoms with Gasteiger partial charge >= 0.3 is 12.0 Å². The maximum atomic E-state index is 14.1. The zero-order chi connectivity index (χ0) is 33.0. The molecule has 2 N–H and O–H groups in total. The van der Waals surface area contributed by atoms with Crippen molar-refractivity contribution >= 4 is 17.8 Å². The van der Waals surface area contributed by atoms with Gasteiger partial charge in [-0.15, -0.1) is 0 Å². The molecule has 0 bridgehead atoms. The molecule has 5 rings (SSSR count). The second-order valence-electron chi connectivity index (χ2n) is 10.8. The number of pyridine rings is 1. The Labute approximate surface area is 263 Å². The number of anilines is 1. The predicted octanol–water partition coefficient (Wildman–Crippen LogP) is 4.01. The van der Waals surface area contributed by atoms with E-state index in [1.54, 1.807) is 43.1 Å². The van der Waals surface area contributed by atoms with E-state index in [0.29, 0.717) is 47.0 Å². The van der Waals surface area contributed by atoms with Crippen molar-refractivity contribution in [2.75, 3.05) is 32.1 Å². The van der Waals surface area contributed by atoms with Crippen LogP contribution in [0, 0.1) is 18.6 Å². The summed E-state index contributed by atoms with van der Waals surface area (Å²) in [6.07, 6.45) is 0.819. The van der Waals surface area contributed by atoms with Crippen molar-refractivity contribution in [3.8, 4) is 16.9 Å². The van der Waals surface area contributed by atoms with Gasteiger partial charge in [0, 0.05) is 51.5 Å². The molecule has 1 saturated heterocycles. The van der Waals surface area contributed by atoms with Gasteiger partial charge in [-0.1, -0.05) is 24.3 Å². The summed E-state index contributed by atoms with van der Waals surface area (Å²) < 4.78 is 41.0. The highest BCUT2D eigenvalue weighted by Crippen LogP contribution is 2.32. The van der Waals surface area contributed by atoms with Crippen LogP contribution in [0.3, 0.4) is 0 Å². The number of ether oxygens (including phenoxy) is 2. The van der Waals surface area contributed by atoms with E-state index in [1.807, 2.05) is 30.3 Å². The Kier molecular flexibility index (Phi) is 9.90. The number of nitrogens with one attached hydrogen (secondary N) is 2. The zero-order valence-corrected chi connectivity index (χ0v) is 25.8. The van der Waals surface area contributed by atoms with Gasteiger partial charge in [-0.2, -0.15) is 10.2 Å². The molecule has 0 saturated carbocycles. The molecule has 46 heavy (non-hydrogen) atoms. The fourth-order valence-corrected chi connectivity index (χ4v) is 5.21. The van der Waals surface area contributed by atoms with Crippen LogP contribution in [0.5, 0.6) is 0 Å². The number of aromatic nitrogens is 3. The number of halogens is 2. The summed E-state index contributed by atoms with van der Waals surface area (Å²) in [5, 5.41) is 12.2. The number of hydrogen-bond donors (Lipinski definition) is 2. The molecule has 14 heteroatoms. The third-order valence-corrected chi connectivity index (χ3v) is 7.48. The summed E-state index contributed by atoms with van der Waals surface area (Å²) in [7, 11) is 3.14. The number of methoxy groups -OCH3 is 1. The molecule has 3 heterocycles. The number of esters is 1. The molecule has 4 aromatic rings. The van der Waals surface area contributed by atoms with Crippen LogP contribution in [0.15, 0.2) is 65.6 Å². The summed E-state index contributed by atoms with van der Waals surface area (Å²) in [6.45, 7) is 3.84. The second kappa shape index (κ2) is 14.0. The molecule has 0 unspecified atom stereocenters. The van der Waals surface area contributed by atoms with Crippen molar-refractivity contribution in [2.45, 2.75) is 32.6 Å². The van der Waals surface area contributed by atoms with Gasteiger partial charge in [0.15, 0.2) is 11.6 Å². The molecule has 0 radical (unpaired) electrons. The van der Waals surface area contributed by atoms with Crippen LogP contribution < -0.4 is 16.2 Å². The molecular weight excluding hydrogens is 602 g/mol. The first kappa shape index (κ1) is 32.5. The highest BCUT2D eigenvalue weighted by atomic mass is 19.2. The lowest BCUT2D eigenvalue weighted by molar-refractivity contribution is -0.154. The topological polar surface area (TPSA) is 129 Å². The van der Waals surface area contributed by atoms with Gasteiger partial charge in [-0.05, 0) is 42.8 Å². The van der Waals surface area contributed by atoms with E-state index in [1.165, 1.54) is 17.6 Å². The standard InChI is InChI=1S/C32H34F2N6O6/c1-19-28(22-14-23(18-45-20(2)41)31(42)38(3)16-22)37-40(24-8-6-5-7-9-24)30(19)36-32(43)35-27-17-39(12-13-44-4)46-29(27)21-10-11-25(33)26(34)15-21/h5-11,14-16,27,29H,12-13,17-18H2,1-4H3,(H2,35,36,43)/t27-,29+/m1/s1. The number of benzene rings is 2. The van der Waals surface area contributed by atoms with Gasteiger partial charge in [0.1, 0.15) is 18.5 Å². The second-order valence-corrected chi connectivity index (χ2v) is 10.8. The summed E-state index contributed by atoms with van der Waals surface area (Å²) >= 11 is 0. The molecule has 1 aliphatic heterocycles. The van der Waals surface area contributed by atoms with E-state index in [4.69, 9.17) is 19.4 Å². The Morgan fingerprint density at radius 3 is 2.57 bits per heavy atom.